The zero-order chi connectivity index (χ0) is 19.4. The molecular weight excluding hydrogens is 351 g/mol. The minimum Gasteiger partial charge on any atom is -0.389 e. The summed E-state index contributed by atoms with van der Waals surface area (Å²) in [6, 6.07) is 7.48. The molecule has 8 heteroatoms. The highest BCUT2D eigenvalue weighted by atomic mass is 19.1. The zero-order valence-corrected chi connectivity index (χ0v) is 15.2. The van der Waals surface area contributed by atoms with Gasteiger partial charge in [0.2, 0.25) is 0 Å². The Morgan fingerprint density at radius 2 is 2.15 bits per heavy atom. The number of carbonyl (C=O) groups excluding carboxylic acids is 2. The van der Waals surface area contributed by atoms with E-state index in [0.29, 0.717) is 13.1 Å². The number of nitrogens with zero attached hydrogens (tertiary/aromatic N) is 3. The van der Waals surface area contributed by atoms with Gasteiger partial charge in [0.15, 0.2) is 5.69 Å². The number of aliphatic hydroxyl groups is 1. The van der Waals surface area contributed by atoms with E-state index in [2.05, 4.69) is 10.4 Å². The van der Waals surface area contributed by atoms with Crippen molar-refractivity contribution in [2.24, 2.45) is 0 Å². The van der Waals surface area contributed by atoms with Gasteiger partial charge in [0, 0.05) is 25.7 Å². The summed E-state index contributed by atoms with van der Waals surface area (Å²) in [5.74, 6) is -0.986. The molecule has 0 unspecified atom stereocenters. The predicted octanol–water partition coefficient (Wildman–Crippen LogP) is 1.57. The Kier molecular flexibility index (Phi) is 5.85. The van der Waals surface area contributed by atoms with Crippen molar-refractivity contribution in [1.29, 1.82) is 0 Å². The lowest BCUT2D eigenvalue weighted by atomic mass is 10.2. The number of β-amino-alcohol motifs (C(OH)–C–C–N with tert-alkyl or cyclic N) is 1. The number of aromatic nitrogens is 2. The molecule has 2 heterocycles. The third kappa shape index (κ3) is 4.51. The highest BCUT2D eigenvalue weighted by Gasteiger charge is 2.26. The Balaban J connectivity index is 1.83. The normalized spacial score (nSPS) is 16.4. The predicted molar refractivity (Wildman–Crippen MR) is 96.6 cm³/mol. The molecule has 0 spiro atoms. The molecule has 1 aliphatic rings. The van der Waals surface area contributed by atoms with Crippen molar-refractivity contribution < 1.29 is 19.1 Å². The number of carbonyl (C=O) groups is 2. The summed E-state index contributed by atoms with van der Waals surface area (Å²) in [5.41, 5.74) is 1.23. The van der Waals surface area contributed by atoms with Crippen molar-refractivity contribution in [2.75, 3.05) is 13.1 Å². The van der Waals surface area contributed by atoms with Gasteiger partial charge in [-0.3, -0.25) is 14.3 Å². The molecule has 0 fully saturated rings. The number of hydrogen-bond acceptors (Lipinski definition) is 4. The minimum atomic E-state index is -0.756. The number of hydrogen-bond donors (Lipinski definition) is 2. The largest absolute Gasteiger partial charge is 0.389 e. The number of halogens is 1. The summed E-state index contributed by atoms with van der Waals surface area (Å²) in [7, 11) is 0. The molecule has 0 aliphatic carbocycles. The van der Waals surface area contributed by atoms with Crippen LogP contribution in [0.1, 0.15) is 46.3 Å². The second kappa shape index (κ2) is 8.30. The fraction of sp³-hybridized carbons (Fsp3) is 0.421. The summed E-state index contributed by atoms with van der Waals surface area (Å²) in [4.78, 5) is 26.8. The van der Waals surface area contributed by atoms with Crippen molar-refractivity contribution >= 4 is 11.8 Å². The standard InChI is InChI=1S/C19H23FN4O3/c1-2-3-8-23(11-13-4-6-14(20)7-5-13)19(27)16-9-17-18(26)21-10-15(25)12-24(17)22-16/h4-7,9,15,25H,2-3,8,10-12H2,1H3,(H,21,26)/t15-/m1/s1. The number of amides is 2. The maximum absolute atomic E-state index is 13.1. The molecule has 1 aromatic heterocycles. The first-order chi connectivity index (χ1) is 13.0. The monoisotopic (exact) mass is 374 g/mol. The van der Waals surface area contributed by atoms with Crippen LogP contribution in [0, 0.1) is 5.82 Å². The topological polar surface area (TPSA) is 87.5 Å². The fourth-order valence-corrected chi connectivity index (χ4v) is 2.98. The maximum Gasteiger partial charge on any atom is 0.274 e. The van der Waals surface area contributed by atoms with Crippen molar-refractivity contribution in [1.82, 2.24) is 20.0 Å². The molecule has 1 aliphatic heterocycles. The zero-order valence-electron chi connectivity index (χ0n) is 15.2. The summed E-state index contributed by atoms with van der Waals surface area (Å²) in [5, 5.41) is 16.7. The molecule has 144 valence electrons. The van der Waals surface area contributed by atoms with Gasteiger partial charge in [-0.1, -0.05) is 25.5 Å². The van der Waals surface area contributed by atoms with Gasteiger partial charge < -0.3 is 15.3 Å². The van der Waals surface area contributed by atoms with Crippen LogP contribution in [0.3, 0.4) is 0 Å². The quantitative estimate of drug-likeness (QED) is 0.803. The van der Waals surface area contributed by atoms with Crippen LogP contribution in [0.5, 0.6) is 0 Å². The third-order valence-corrected chi connectivity index (χ3v) is 4.47. The molecule has 0 saturated carbocycles. The van der Waals surface area contributed by atoms with E-state index < -0.39 is 6.10 Å². The van der Waals surface area contributed by atoms with Gasteiger partial charge >= 0.3 is 0 Å². The third-order valence-electron chi connectivity index (χ3n) is 4.47. The number of unbranched alkanes of at least 4 members (excludes halogenated alkanes) is 1. The fourth-order valence-electron chi connectivity index (χ4n) is 2.98. The second-order valence-corrected chi connectivity index (χ2v) is 6.67. The Labute approximate surface area is 156 Å². The van der Waals surface area contributed by atoms with E-state index in [9.17, 15) is 19.1 Å². The van der Waals surface area contributed by atoms with Crippen LogP contribution < -0.4 is 5.32 Å². The van der Waals surface area contributed by atoms with E-state index in [1.54, 1.807) is 17.0 Å². The summed E-state index contributed by atoms with van der Waals surface area (Å²) in [6.45, 7) is 3.19. The Hall–Kier alpha value is -2.74. The van der Waals surface area contributed by atoms with E-state index in [0.717, 1.165) is 18.4 Å². The molecule has 1 aromatic carbocycles. The van der Waals surface area contributed by atoms with Crippen molar-refractivity contribution in [3.05, 3.63) is 53.1 Å². The summed E-state index contributed by atoms with van der Waals surface area (Å²) < 4.78 is 14.5. The lowest BCUT2D eigenvalue weighted by molar-refractivity contribution is 0.0732. The minimum absolute atomic E-state index is 0.147. The molecule has 2 aromatic rings. The molecule has 0 bridgehead atoms. The second-order valence-electron chi connectivity index (χ2n) is 6.67. The number of aliphatic hydroxyl groups excluding tert-OH is 1. The molecule has 7 nitrogen and oxygen atoms in total. The van der Waals surface area contributed by atoms with Gasteiger partial charge in [0.1, 0.15) is 11.5 Å². The smallest absolute Gasteiger partial charge is 0.274 e. The van der Waals surface area contributed by atoms with E-state index in [1.807, 2.05) is 6.92 Å². The highest BCUT2D eigenvalue weighted by Crippen LogP contribution is 2.15. The first-order valence-electron chi connectivity index (χ1n) is 9.05. The number of nitrogens with one attached hydrogen (secondary N) is 1. The molecular formula is C19H23FN4O3. The SMILES string of the molecule is CCCCN(Cc1ccc(F)cc1)C(=O)c1cc2n(n1)C[C@H](O)CNC2=O. The molecule has 3 rings (SSSR count). The van der Waals surface area contributed by atoms with Crippen LogP contribution in [-0.4, -0.2) is 50.8 Å². The van der Waals surface area contributed by atoms with E-state index in [-0.39, 0.29) is 42.1 Å². The van der Waals surface area contributed by atoms with Crippen LogP contribution in [0.2, 0.25) is 0 Å². The molecule has 2 N–H and O–H groups in total. The molecule has 0 radical (unpaired) electrons. The van der Waals surface area contributed by atoms with Gasteiger partial charge in [-0.2, -0.15) is 5.10 Å². The first kappa shape index (κ1) is 19.0. The van der Waals surface area contributed by atoms with Gasteiger partial charge in [-0.25, -0.2) is 4.39 Å². The Bertz CT molecular complexity index is 819. The highest BCUT2D eigenvalue weighted by molar-refractivity contribution is 5.98. The lowest BCUT2D eigenvalue weighted by Crippen LogP contribution is -2.32. The average molecular weight is 374 g/mol. The van der Waals surface area contributed by atoms with Crippen LogP contribution in [-0.2, 0) is 13.1 Å². The van der Waals surface area contributed by atoms with Crippen molar-refractivity contribution in [3.8, 4) is 0 Å². The number of rotatable bonds is 6. The van der Waals surface area contributed by atoms with Crippen LogP contribution in [0.15, 0.2) is 30.3 Å². The van der Waals surface area contributed by atoms with E-state index in [1.165, 1.54) is 22.9 Å². The van der Waals surface area contributed by atoms with Crippen LogP contribution in [0.4, 0.5) is 4.39 Å². The van der Waals surface area contributed by atoms with Crippen molar-refractivity contribution in [2.45, 2.75) is 39.0 Å². The molecule has 27 heavy (non-hydrogen) atoms. The van der Waals surface area contributed by atoms with E-state index >= 15 is 0 Å². The molecule has 2 amide bonds. The van der Waals surface area contributed by atoms with Crippen LogP contribution >= 0.6 is 0 Å². The lowest BCUT2D eigenvalue weighted by Gasteiger charge is -2.22. The van der Waals surface area contributed by atoms with Gasteiger partial charge in [-0.15, -0.1) is 0 Å². The Morgan fingerprint density at radius 1 is 1.41 bits per heavy atom. The summed E-state index contributed by atoms with van der Waals surface area (Å²) in [6.07, 6.45) is 0.981. The Morgan fingerprint density at radius 3 is 2.85 bits per heavy atom. The molecule has 0 saturated heterocycles. The van der Waals surface area contributed by atoms with Gasteiger partial charge in [0.05, 0.1) is 12.6 Å². The van der Waals surface area contributed by atoms with Crippen LogP contribution in [0.25, 0.3) is 0 Å². The first-order valence-corrected chi connectivity index (χ1v) is 9.05. The van der Waals surface area contributed by atoms with Gasteiger partial charge in [-0.05, 0) is 24.1 Å². The van der Waals surface area contributed by atoms with E-state index in [4.69, 9.17) is 0 Å². The average Bonchev–Trinajstić information content (AvgIpc) is 3.02. The van der Waals surface area contributed by atoms with Gasteiger partial charge in [0.25, 0.3) is 11.8 Å². The number of benzene rings is 1. The summed E-state index contributed by atoms with van der Waals surface area (Å²) >= 11 is 0. The molecule has 1 atom stereocenters. The van der Waals surface area contributed by atoms with Crippen molar-refractivity contribution in [3.63, 3.8) is 0 Å². The number of fused-ring (bicyclic) bond motifs is 1. The maximum atomic E-state index is 13.1.